The highest BCUT2D eigenvalue weighted by Crippen LogP contribution is 2.43. The SMILES string of the molecule is CCn1cnc2cc(-c3sc(N4CCC(CO)C4)c4c(=O)[nH]cnc34)ccc21. The normalized spacial score (nSPS) is 17.2. The van der Waals surface area contributed by atoms with E-state index in [0.717, 1.165) is 58.0 Å². The minimum atomic E-state index is -0.119. The highest BCUT2D eigenvalue weighted by atomic mass is 32.1. The second kappa shape index (κ2) is 6.72. The molecule has 1 aliphatic heterocycles. The Morgan fingerprint density at radius 1 is 1.36 bits per heavy atom. The maximum Gasteiger partial charge on any atom is 0.261 e. The van der Waals surface area contributed by atoms with Crippen molar-refractivity contribution in [3.63, 3.8) is 0 Å². The third-order valence-electron chi connectivity index (χ3n) is 5.54. The van der Waals surface area contributed by atoms with Crippen molar-refractivity contribution in [1.82, 2.24) is 19.5 Å². The molecule has 2 N–H and O–H groups in total. The molecule has 144 valence electrons. The Morgan fingerprint density at radius 3 is 3.04 bits per heavy atom. The number of thiophene rings is 1. The summed E-state index contributed by atoms with van der Waals surface area (Å²) in [6.07, 6.45) is 4.26. The molecule has 8 heteroatoms. The number of nitrogens with zero attached hydrogens (tertiary/aromatic N) is 4. The second-order valence-electron chi connectivity index (χ2n) is 7.21. The molecule has 4 aromatic rings. The number of imidazole rings is 1. The molecule has 7 nitrogen and oxygen atoms in total. The molecule has 0 saturated carbocycles. The van der Waals surface area contributed by atoms with Crippen molar-refractivity contribution in [1.29, 1.82) is 0 Å². The number of aliphatic hydroxyl groups is 1. The van der Waals surface area contributed by atoms with Crippen molar-refractivity contribution in [3.8, 4) is 10.4 Å². The van der Waals surface area contributed by atoms with E-state index in [9.17, 15) is 9.90 Å². The molecule has 1 saturated heterocycles. The van der Waals surface area contributed by atoms with E-state index in [1.54, 1.807) is 11.3 Å². The number of anilines is 1. The summed E-state index contributed by atoms with van der Waals surface area (Å²) in [6, 6.07) is 6.23. The molecule has 28 heavy (non-hydrogen) atoms. The first-order valence-electron chi connectivity index (χ1n) is 9.50. The molecule has 0 radical (unpaired) electrons. The van der Waals surface area contributed by atoms with E-state index in [2.05, 4.69) is 49.5 Å². The van der Waals surface area contributed by atoms with Crippen LogP contribution in [-0.4, -0.2) is 44.3 Å². The Balaban J connectivity index is 1.68. The van der Waals surface area contributed by atoms with Crippen LogP contribution in [-0.2, 0) is 6.54 Å². The molecule has 0 spiro atoms. The number of aryl methyl sites for hydroxylation is 1. The number of rotatable bonds is 4. The predicted octanol–water partition coefficient (Wildman–Crippen LogP) is 2.84. The number of hydrogen-bond donors (Lipinski definition) is 2. The summed E-state index contributed by atoms with van der Waals surface area (Å²) in [5, 5.41) is 11.1. The van der Waals surface area contributed by atoms with Crippen molar-refractivity contribution in [2.24, 2.45) is 5.92 Å². The van der Waals surface area contributed by atoms with Crippen LogP contribution in [0.1, 0.15) is 13.3 Å². The third kappa shape index (κ3) is 2.63. The number of nitrogens with one attached hydrogen (secondary N) is 1. The van der Waals surface area contributed by atoms with Crippen LogP contribution in [0.5, 0.6) is 0 Å². The van der Waals surface area contributed by atoms with Gasteiger partial charge in [0.1, 0.15) is 10.4 Å². The van der Waals surface area contributed by atoms with E-state index in [1.165, 1.54) is 6.33 Å². The van der Waals surface area contributed by atoms with E-state index >= 15 is 0 Å². The van der Waals surface area contributed by atoms with Crippen LogP contribution < -0.4 is 10.5 Å². The quantitative estimate of drug-likeness (QED) is 0.555. The molecular weight excluding hydrogens is 374 g/mol. The van der Waals surface area contributed by atoms with Gasteiger partial charge in [0.2, 0.25) is 0 Å². The first kappa shape index (κ1) is 17.4. The number of aliphatic hydroxyl groups excluding tert-OH is 1. The number of H-pyrrole nitrogens is 1. The predicted molar refractivity (Wildman–Crippen MR) is 112 cm³/mol. The van der Waals surface area contributed by atoms with Gasteiger partial charge in [0.25, 0.3) is 5.56 Å². The van der Waals surface area contributed by atoms with Gasteiger partial charge in [0, 0.05) is 32.2 Å². The zero-order valence-electron chi connectivity index (χ0n) is 15.6. The maximum atomic E-state index is 12.6. The minimum absolute atomic E-state index is 0.119. The highest BCUT2D eigenvalue weighted by Gasteiger charge is 2.27. The molecule has 0 amide bonds. The lowest BCUT2D eigenvalue weighted by Crippen LogP contribution is -2.21. The van der Waals surface area contributed by atoms with E-state index in [1.807, 2.05) is 6.33 Å². The van der Waals surface area contributed by atoms with Crippen molar-refractivity contribution < 1.29 is 5.11 Å². The average molecular weight is 395 g/mol. The van der Waals surface area contributed by atoms with Crippen LogP contribution in [0.25, 0.3) is 32.4 Å². The summed E-state index contributed by atoms with van der Waals surface area (Å²) >= 11 is 1.60. The van der Waals surface area contributed by atoms with Gasteiger partial charge in [-0.15, -0.1) is 11.3 Å². The fourth-order valence-corrected chi connectivity index (χ4v) is 5.28. The molecule has 5 rings (SSSR count). The lowest BCUT2D eigenvalue weighted by Gasteiger charge is -2.16. The van der Waals surface area contributed by atoms with Crippen molar-refractivity contribution >= 4 is 38.3 Å². The van der Waals surface area contributed by atoms with E-state index in [4.69, 9.17) is 0 Å². The Hall–Kier alpha value is -2.71. The van der Waals surface area contributed by atoms with E-state index < -0.39 is 0 Å². The summed E-state index contributed by atoms with van der Waals surface area (Å²) in [5.41, 5.74) is 3.67. The Bertz CT molecular complexity index is 1220. The Kier molecular flexibility index (Phi) is 4.17. The van der Waals surface area contributed by atoms with Gasteiger partial charge in [-0.2, -0.15) is 0 Å². The van der Waals surface area contributed by atoms with Crippen LogP contribution in [0.2, 0.25) is 0 Å². The molecule has 3 aromatic heterocycles. The van der Waals surface area contributed by atoms with Gasteiger partial charge in [-0.1, -0.05) is 6.07 Å². The first-order chi connectivity index (χ1) is 13.7. The fraction of sp³-hybridized carbons (Fsp3) is 0.350. The number of hydrogen-bond acceptors (Lipinski definition) is 6. The summed E-state index contributed by atoms with van der Waals surface area (Å²) in [7, 11) is 0. The molecule has 4 heterocycles. The first-order valence-corrected chi connectivity index (χ1v) is 10.3. The van der Waals surface area contributed by atoms with Gasteiger partial charge < -0.3 is 19.6 Å². The summed E-state index contributed by atoms with van der Waals surface area (Å²) in [5.74, 6) is 0.255. The molecular formula is C20H21N5O2S. The maximum absolute atomic E-state index is 12.6. The average Bonchev–Trinajstić information content (AvgIpc) is 3.43. The summed E-state index contributed by atoms with van der Waals surface area (Å²) < 4.78 is 2.11. The van der Waals surface area contributed by atoms with Crippen LogP contribution in [0.4, 0.5) is 5.00 Å². The number of aromatic amines is 1. The van der Waals surface area contributed by atoms with Crippen LogP contribution in [0.15, 0.2) is 35.6 Å². The monoisotopic (exact) mass is 395 g/mol. The fourth-order valence-electron chi connectivity index (χ4n) is 4.01. The zero-order valence-corrected chi connectivity index (χ0v) is 16.4. The van der Waals surface area contributed by atoms with Crippen molar-refractivity contribution in [3.05, 3.63) is 41.2 Å². The number of fused-ring (bicyclic) bond motifs is 2. The number of aromatic nitrogens is 4. The van der Waals surface area contributed by atoms with Crippen molar-refractivity contribution in [2.45, 2.75) is 19.9 Å². The van der Waals surface area contributed by atoms with Crippen LogP contribution >= 0.6 is 11.3 Å². The minimum Gasteiger partial charge on any atom is -0.396 e. The molecule has 0 aliphatic carbocycles. The molecule has 1 atom stereocenters. The van der Waals surface area contributed by atoms with Gasteiger partial charge in [-0.05, 0) is 31.0 Å². The Morgan fingerprint density at radius 2 is 2.25 bits per heavy atom. The van der Waals surface area contributed by atoms with Gasteiger partial charge in [0.05, 0.1) is 34.1 Å². The third-order valence-corrected chi connectivity index (χ3v) is 6.82. The highest BCUT2D eigenvalue weighted by molar-refractivity contribution is 7.21. The second-order valence-corrected chi connectivity index (χ2v) is 8.21. The summed E-state index contributed by atoms with van der Waals surface area (Å²) in [4.78, 5) is 27.6. The summed E-state index contributed by atoms with van der Waals surface area (Å²) in [6.45, 7) is 4.76. The largest absolute Gasteiger partial charge is 0.396 e. The van der Waals surface area contributed by atoms with Gasteiger partial charge in [-0.25, -0.2) is 9.97 Å². The van der Waals surface area contributed by atoms with E-state index in [0.29, 0.717) is 5.39 Å². The molecule has 1 aromatic carbocycles. The van der Waals surface area contributed by atoms with Gasteiger partial charge >= 0.3 is 0 Å². The molecule has 0 bridgehead atoms. The van der Waals surface area contributed by atoms with Crippen molar-refractivity contribution in [2.75, 3.05) is 24.6 Å². The van der Waals surface area contributed by atoms with Gasteiger partial charge in [-0.3, -0.25) is 4.79 Å². The molecule has 1 fully saturated rings. The van der Waals surface area contributed by atoms with Gasteiger partial charge in [0.15, 0.2) is 0 Å². The standard InChI is InChI=1S/C20H21N5O2S/c1-2-24-11-23-14-7-13(3-4-15(14)24)18-17-16(19(27)22-10-21-17)20(28-18)25-6-5-12(8-25)9-26/h3-4,7,10-12,26H,2,5-6,8-9H2,1H3,(H,21,22,27). The zero-order chi connectivity index (χ0) is 19.3. The lowest BCUT2D eigenvalue weighted by atomic mass is 10.1. The van der Waals surface area contributed by atoms with E-state index in [-0.39, 0.29) is 18.1 Å². The molecule has 1 aliphatic rings. The smallest absolute Gasteiger partial charge is 0.261 e. The number of benzene rings is 1. The van der Waals surface area contributed by atoms with Crippen LogP contribution in [0.3, 0.4) is 0 Å². The van der Waals surface area contributed by atoms with Crippen LogP contribution in [0, 0.1) is 5.92 Å². The Labute approximate surface area is 165 Å². The molecule has 1 unspecified atom stereocenters. The lowest BCUT2D eigenvalue weighted by molar-refractivity contribution is 0.239. The topological polar surface area (TPSA) is 87.0 Å².